The van der Waals surface area contributed by atoms with Crippen molar-refractivity contribution in [3.8, 4) is 5.75 Å². The molecule has 4 N–H and O–H groups in total. The Morgan fingerprint density at radius 3 is 2.67 bits per heavy atom. The van der Waals surface area contributed by atoms with Crippen LogP contribution in [0.25, 0.3) is 6.08 Å². The molecule has 140 valence electrons. The van der Waals surface area contributed by atoms with E-state index in [4.69, 9.17) is 15.1 Å². The largest absolute Gasteiger partial charge is 0.491 e. The van der Waals surface area contributed by atoms with Crippen molar-refractivity contribution < 1.29 is 24.6 Å². The Kier molecular flexibility index (Phi) is 7.70. The van der Waals surface area contributed by atoms with Gasteiger partial charge in [0.05, 0.1) is 12.8 Å². The van der Waals surface area contributed by atoms with Gasteiger partial charge in [-0.3, -0.25) is 14.8 Å². The van der Waals surface area contributed by atoms with Gasteiger partial charge in [-0.15, -0.1) is 0 Å². The maximum atomic E-state index is 12.2. The van der Waals surface area contributed by atoms with Crippen molar-refractivity contribution >= 4 is 24.1 Å². The normalized spacial score (nSPS) is 10.9. The number of benzene rings is 2. The van der Waals surface area contributed by atoms with Crippen LogP contribution in [0.4, 0.5) is 0 Å². The molecule has 27 heavy (non-hydrogen) atoms. The second-order valence-electron chi connectivity index (χ2n) is 5.28. The average Bonchev–Trinajstić information content (AvgIpc) is 2.71. The van der Waals surface area contributed by atoms with Gasteiger partial charge in [-0.2, -0.15) is 5.10 Å². The summed E-state index contributed by atoms with van der Waals surface area (Å²) >= 11 is 0. The minimum Gasteiger partial charge on any atom is -0.491 e. The molecule has 0 fully saturated rings. The molecule has 2 rings (SSSR count). The number of hydrogen-bond acceptors (Lipinski definition) is 6. The molecule has 8 heteroatoms. The zero-order valence-electron chi connectivity index (χ0n) is 14.3. The molecule has 0 saturated carbocycles. The zero-order valence-corrected chi connectivity index (χ0v) is 14.3. The number of rotatable bonds is 8. The van der Waals surface area contributed by atoms with Gasteiger partial charge >= 0.3 is 0 Å². The molecule has 0 saturated heterocycles. The van der Waals surface area contributed by atoms with Gasteiger partial charge in [-0.25, -0.2) is 10.9 Å². The second kappa shape index (κ2) is 10.5. The van der Waals surface area contributed by atoms with Crippen LogP contribution in [-0.2, 0) is 4.79 Å². The topological polar surface area (TPSA) is 120 Å². The fourth-order valence-electron chi connectivity index (χ4n) is 2.07. The highest BCUT2D eigenvalue weighted by molar-refractivity contribution is 5.96. The Morgan fingerprint density at radius 1 is 1.11 bits per heavy atom. The molecule has 0 aromatic heterocycles. The molecular formula is C19H19N3O5. The highest BCUT2D eigenvalue weighted by atomic mass is 16.5. The van der Waals surface area contributed by atoms with Crippen molar-refractivity contribution in [3.63, 3.8) is 0 Å². The first-order chi connectivity index (χ1) is 13.1. The van der Waals surface area contributed by atoms with Crippen LogP contribution in [0.5, 0.6) is 5.75 Å². The maximum absolute atomic E-state index is 12.2. The number of aliphatic hydroxyl groups is 1. The van der Waals surface area contributed by atoms with Crippen LogP contribution in [0, 0.1) is 0 Å². The SMILES string of the molecule is O=C(/C=C/c1cccc(C(=O)N/N=C\c2cccc(OCCO)c2)c1)NO. The highest BCUT2D eigenvalue weighted by Gasteiger charge is 2.04. The van der Waals surface area contributed by atoms with Gasteiger partial charge in [-0.05, 0) is 41.5 Å². The number of hydrogen-bond donors (Lipinski definition) is 4. The number of hydrazone groups is 1. The van der Waals surface area contributed by atoms with E-state index >= 15 is 0 Å². The molecule has 0 unspecified atom stereocenters. The molecule has 8 nitrogen and oxygen atoms in total. The van der Waals surface area contributed by atoms with Gasteiger partial charge in [0.25, 0.3) is 11.8 Å². The van der Waals surface area contributed by atoms with Crippen molar-refractivity contribution in [3.05, 3.63) is 71.3 Å². The number of hydroxylamine groups is 1. The lowest BCUT2D eigenvalue weighted by atomic mass is 10.1. The summed E-state index contributed by atoms with van der Waals surface area (Å²) in [6, 6.07) is 13.6. The van der Waals surface area contributed by atoms with Gasteiger partial charge in [0.15, 0.2) is 0 Å². The summed E-state index contributed by atoms with van der Waals surface area (Å²) in [6.07, 6.45) is 4.07. The van der Waals surface area contributed by atoms with Gasteiger partial charge in [0.2, 0.25) is 0 Å². The molecule has 2 aromatic rings. The van der Waals surface area contributed by atoms with Crippen LogP contribution >= 0.6 is 0 Å². The van der Waals surface area contributed by atoms with Gasteiger partial charge in [0.1, 0.15) is 12.4 Å². The summed E-state index contributed by atoms with van der Waals surface area (Å²) in [5.41, 5.74) is 5.60. The summed E-state index contributed by atoms with van der Waals surface area (Å²) < 4.78 is 5.30. The Labute approximate surface area is 155 Å². The van der Waals surface area contributed by atoms with E-state index in [0.717, 1.165) is 11.6 Å². The first kappa shape index (κ1) is 19.8. The summed E-state index contributed by atoms with van der Waals surface area (Å²) in [7, 11) is 0. The molecule has 2 amide bonds. The predicted octanol–water partition coefficient (Wildman–Crippen LogP) is 1.34. The maximum Gasteiger partial charge on any atom is 0.271 e. The number of carbonyl (C=O) groups is 2. The fraction of sp³-hybridized carbons (Fsp3) is 0.105. The van der Waals surface area contributed by atoms with Gasteiger partial charge in [0, 0.05) is 11.6 Å². The Balaban J connectivity index is 1.98. The van der Waals surface area contributed by atoms with E-state index in [0.29, 0.717) is 16.9 Å². The van der Waals surface area contributed by atoms with Crippen LogP contribution in [0.15, 0.2) is 59.7 Å². The monoisotopic (exact) mass is 369 g/mol. The first-order valence-electron chi connectivity index (χ1n) is 8.01. The van der Waals surface area contributed by atoms with E-state index in [2.05, 4.69) is 10.5 Å². The van der Waals surface area contributed by atoms with Crippen molar-refractivity contribution in [1.82, 2.24) is 10.9 Å². The fourth-order valence-corrected chi connectivity index (χ4v) is 2.07. The number of ether oxygens (including phenoxy) is 1. The molecule has 0 aliphatic carbocycles. The molecule has 0 spiro atoms. The Bertz CT molecular complexity index is 849. The van der Waals surface area contributed by atoms with Crippen LogP contribution in [-0.4, -0.2) is 41.6 Å². The lowest BCUT2D eigenvalue weighted by Crippen LogP contribution is -2.17. The van der Waals surface area contributed by atoms with Crippen molar-refractivity contribution in [1.29, 1.82) is 0 Å². The van der Waals surface area contributed by atoms with E-state index in [1.54, 1.807) is 48.5 Å². The Morgan fingerprint density at radius 2 is 1.89 bits per heavy atom. The predicted molar refractivity (Wildman–Crippen MR) is 99.5 cm³/mol. The zero-order chi connectivity index (χ0) is 19.5. The third-order valence-electron chi connectivity index (χ3n) is 3.28. The summed E-state index contributed by atoms with van der Waals surface area (Å²) in [5.74, 6) is -0.494. The molecule has 0 aliphatic heterocycles. The quantitative estimate of drug-likeness (QED) is 0.242. The number of nitrogens with one attached hydrogen (secondary N) is 2. The van der Waals surface area contributed by atoms with Crippen molar-refractivity contribution in [2.75, 3.05) is 13.2 Å². The highest BCUT2D eigenvalue weighted by Crippen LogP contribution is 2.12. The summed E-state index contributed by atoms with van der Waals surface area (Å²) in [4.78, 5) is 23.2. The summed E-state index contributed by atoms with van der Waals surface area (Å²) in [6.45, 7) is 0.120. The van der Waals surface area contributed by atoms with Crippen molar-refractivity contribution in [2.24, 2.45) is 5.10 Å². The summed E-state index contributed by atoms with van der Waals surface area (Å²) in [5, 5.41) is 21.1. The first-order valence-corrected chi connectivity index (χ1v) is 8.01. The average molecular weight is 369 g/mol. The number of aliphatic hydroxyl groups excluding tert-OH is 1. The third-order valence-corrected chi connectivity index (χ3v) is 3.28. The van der Waals surface area contributed by atoms with Crippen molar-refractivity contribution in [2.45, 2.75) is 0 Å². The molecule has 0 aliphatic rings. The van der Waals surface area contributed by atoms with Crippen LogP contribution in [0.1, 0.15) is 21.5 Å². The van der Waals surface area contributed by atoms with Gasteiger partial charge < -0.3 is 9.84 Å². The van der Waals surface area contributed by atoms with Gasteiger partial charge in [-0.1, -0.05) is 24.3 Å². The smallest absolute Gasteiger partial charge is 0.271 e. The molecular weight excluding hydrogens is 350 g/mol. The third kappa shape index (κ3) is 6.73. The standard InChI is InChI=1S/C19H19N3O5/c23-9-10-27-17-6-2-4-15(12-17)13-20-21-19(25)16-5-1-3-14(11-16)7-8-18(24)22-26/h1-8,11-13,23,26H,9-10H2,(H,21,25)(H,22,24)/b8-7+,20-13-. The van der Waals surface area contributed by atoms with Crippen LogP contribution in [0.3, 0.4) is 0 Å². The minimum absolute atomic E-state index is 0.0761. The van der Waals surface area contributed by atoms with Crippen LogP contribution < -0.4 is 15.6 Å². The molecule has 0 atom stereocenters. The molecule has 0 bridgehead atoms. The number of nitrogens with zero attached hydrogens (tertiary/aromatic N) is 1. The second-order valence-corrected chi connectivity index (χ2v) is 5.28. The lowest BCUT2D eigenvalue weighted by molar-refractivity contribution is -0.124. The minimum atomic E-state index is -0.667. The van der Waals surface area contributed by atoms with E-state index in [-0.39, 0.29) is 13.2 Å². The van der Waals surface area contributed by atoms with E-state index in [1.165, 1.54) is 17.8 Å². The lowest BCUT2D eigenvalue weighted by Gasteiger charge is -2.04. The van der Waals surface area contributed by atoms with Crippen LogP contribution in [0.2, 0.25) is 0 Å². The van der Waals surface area contributed by atoms with E-state index in [9.17, 15) is 9.59 Å². The van der Waals surface area contributed by atoms with E-state index < -0.39 is 11.8 Å². The molecule has 0 radical (unpaired) electrons. The molecule has 0 heterocycles. The number of carbonyl (C=O) groups excluding carboxylic acids is 2. The molecule has 2 aromatic carbocycles. The number of amides is 2. The Hall–Kier alpha value is -3.49. The van der Waals surface area contributed by atoms with E-state index in [1.807, 2.05) is 0 Å².